The van der Waals surface area contributed by atoms with E-state index in [0.29, 0.717) is 33.1 Å². The average Bonchev–Trinajstić information content (AvgIpc) is 2.79. The van der Waals surface area contributed by atoms with Gasteiger partial charge in [0.05, 0.1) is 29.2 Å². The second-order valence-corrected chi connectivity index (χ2v) is 8.60. The first kappa shape index (κ1) is 23.9. The predicted octanol–water partition coefficient (Wildman–Crippen LogP) is 5.15. The van der Waals surface area contributed by atoms with E-state index in [1.165, 1.54) is 18.0 Å². The lowest BCUT2D eigenvalue weighted by Gasteiger charge is -2.14. The fourth-order valence-corrected chi connectivity index (χ4v) is 3.60. The van der Waals surface area contributed by atoms with Crippen LogP contribution in [0.2, 0.25) is 5.02 Å². The van der Waals surface area contributed by atoms with Crippen LogP contribution in [-0.2, 0) is 9.53 Å². The molecule has 9 heteroatoms. The molecule has 0 aliphatic heterocycles. The molecular weight excluding hydrogens is 498 g/mol. The zero-order valence-electron chi connectivity index (χ0n) is 18.1. The van der Waals surface area contributed by atoms with Crippen LogP contribution in [0.4, 0.5) is 0 Å². The number of benzene rings is 2. The van der Waals surface area contributed by atoms with Gasteiger partial charge in [0.2, 0.25) is 0 Å². The minimum atomic E-state index is -0.795. The molecule has 0 aliphatic rings. The van der Waals surface area contributed by atoms with Gasteiger partial charge in [0.15, 0.2) is 6.10 Å². The average molecular weight is 521 g/mol. The van der Waals surface area contributed by atoms with Crippen molar-refractivity contribution in [2.24, 2.45) is 5.10 Å². The number of nitrogens with zero attached hydrogens (tertiary/aromatic N) is 3. The third-order valence-electron chi connectivity index (χ3n) is 5.00. The highest BCUT2D eigenvalue weighted by Gasteiger charge is 2.17. The Morgan fingerprint density at radius 3 is 2.69 bits per heavy atom. The van der Waals surface area contributed by atoms with Crippen LogP contribution >= 0.6 is 27.5 Å². The quantitative estimate of drug-likeness (QED) is 0.318. The van der Waals surface area contributed by atoms with Gasteiger partial charge in [-0.25, -0.2) is 9.78 Å². The summed E-state index contributed by atoms with van der Waals surface area (Å²) in [4.78, 5) is 29.4. The maximum Gasteiger partial charge on any atom is 0.346 e. The fraction of sp³-hybridized carbons (Fsp3) is 0.304. The molecular formula is C23H23BrClN3O4. The second-order valence-electron chi connectivity index (χ2n) is 7.28. The first-order valence-corrected chi connectivity index (χ1v) is 11.2. The molecule has 1 aromatic heterocycles. The molecule has 3 rings (SSSR count). The molecule has 3 aromatic rings. The minimum Gasteiger partial charge on any atom is -0.477 e. The summed E-state index contributed by atoms with van der Waals surface area (Å²) in [7, 11) is 1.29. The van der Waals surface area contributed by atoms with Gasteiger partial charge in [-0.1, -0.05) is 41.4 Å². The normalized spacial score (nSPS) is 13.3. The van der Waals surface area contributed by atoms with Crippen molar-refractivity contribution in [2.45, 2.75) is 39.2 Å². The van der Waals surface area contributed by atoms with Crippen molar-refractivity contribution in [1.82, 2.24) is 9.66 Å². The summed E-state index contributed by atoms with van der Waals surface area (Å²) in [5.74, 6) is 0.462. The van der Waals surface area contributed by atoms with Gasteiger partial charge in [0, 0.05) is 10.4 Å². The Labute approximate surface area is 199 Å². The smallest absolute Gasteiger partial charge is 0.346 e. The summed E-state index contributed by atoms with van der Waals surface area (Å²) in [6, 6.07) is 10.4. The number of hydrogen-bond donors (Lipinski definition) is 0. The summed E-state index contributed by atoms with van der Waals surface area (Å²) in [6.07, 6.45) is 1.55. The van der Waals surface area contributed by atoms with E-state index in [9.17, 15) is 9.59 Å². The van der Waals surface area contributed by atoms with Crippen LogP contribution < -0.4 is 10.3 Å². The lowest BCUT2D eigenvalue weighted by molar-refractivity contribution is -0.147. The second kappa shape index (κ2) is 10.3. The highest BCUT2D eigenvalue weighted by Crippen LogP contribution is 2.26. The molecule has 0 radical (unpaired) electrons. The third-order valence-corrected chi connectivity index (χ3v) is 5.79. The molecule has 0 saturated heterocycles. The lowest BCUT2D eigenvalue weighted by Crippen LogP contribution is -2.25. The summed E-state index contributed by atoms with van der Waals surface area (Å²) in [6.45, 7) is 5.61. The van der Waals surface area contributed by atoms with Crippen LogP contribution in [0.25, 0.3) is 10.9 Å². The summed E-state index contributed by atoms with van der Waals surface area (Å²) >= 11 is 9.71. The number of halogens is 2. The number of rotatable bonds is 7. The molecule has 0 spiro atoms. The fourth-order valence-electron chi connectivity index (χ4n) is 3.00. The van der Waals surface area contributed by atoms with E-state index >= 15 is 0 Å². The van der Waals surface area contributed by atoms with Gasteiger partial charge < -0.3 is 9.47 Å². The SMILES string of the molecule is CC[C@@H](C)c1nc2ccc(Br)cc2c(=O)n1N=Cc1ccc(O[C@@H](C)C(=O)OC)c(Cl)c1. The van der Waals surface area contributed by atoms with E-state index in [4.69, 9.17) is 16.3 Å². The predicted molar refractivity (Wildman–Crippen MR) is 129 cm³/mol. The Kier molecular flexibility index (Phi) is 7.69. The van der Waals surface area contributed by atoms with E-state index in [1.54, 1.807) is 31.2 Å². The molecule has 0 saturated carbocycles. The van der Waals surface area contributed by atoms with Crippen LogP contribution in [0.3, 0.4) is 0 Å². The molecule has 168 valence electrons. The van der Waals surface area contributed by atoms with Crippen LogP contribution in [0.5, 0.6) is 5.75 Å². The van der Waals surface area contributed by atoms with Crippen LogP contribution in [0.1, 0.15) is 44.5 Å². The number of aromatic nitrogens is 2. The van der Waals surface area contributed by atoms with Crippen molar-refractivity contribution < 1.29 is 14.3 Å². The Morgan fingerprint density at radius 1 is 1.28 bits per heavy atom. The summed E-state index contributed by atoms with van der Waals surface area (Å²) in [5, 5.41) is 5.21. The van der Waals surface area contributed by atoms with Gasteiger partial charge in [-0.3, -0.25) is 4.79 Å². The molecule has 2 aromatic carbocycles. The Balaban J connectivity index is 1.99. The number of ether oxygens (including phenoxy) is 2. The molecule has 0 N–H and O–H groups in total. The van der Waals surface area contributed by atoms with Gasteiger partial charge >= 0.3 is 5.97 Å². The largest absolute Gasteiger partial charge is 0.477 e. The zero-order valence-corrected chi connectivity index (χ0v) is 20.5. The molecule has 7 nitrogen and oxygen atoms in total. The summed E-state index contributed by atoms with van der Waals surface area (Å²) in [5.41, 5.74) is 1.04. The Bertz CT molecular complexity index is 1240. The monoisotopic (exact) mass is 519 g/mol. The molecule has 0 unspecified atom stereocenters. The topological polar surface area (TPSA) is 82.8 Å². The van der Waals surface area contributed by atoms with E-state index in [2.05, 4.69) is 30.8 Å². The van der Waals surface area contributed by atoms with Gasteiger partial charge in [-0.15, -0.1) is 0 Å². The van der Waals surface area contributed by atoms with Gasteiger partial charge in [0.1, 0.15) is 11.6 Å². The van der Waals surface area contributed by atoms with E-state index in [-0.39, 0.29) is 11.5 Å². The zero-order chi connectivity index (χ0) is 23.4. The number of esters is 1. The maximum absolute atomic E-state index is 13.2. The number of methoxy groups -OCH3 is 1. The first-order valence-electron chi connectivity index (χ1n) is 10.1. The van der Waals surface area contributed by atoms with Crippen LogP contribution in [0, 0.1) is 0 Å². The number of hydrogen-bond acceptors (Lipinski definition) is 6. The van der Waals surface area contributed by atoms with Gasteiger partial charge in [-0.05, 0) is 55.3 Å². The molecule has 0 amide bonds. The minimum absolute atomic E-state index is 0.0343. The van der Waals surface area contributed by atoms with Crippen molar-refractivity contribution in [3.05, 3.63) is 67.6 Å². The van der Waals surface area contributed by atoms with Crippen molar-refractivity contribution in [2.75, 3.05) is 7.11 Å². The van der Waals surface area contributed by atoms with Crippen molar-refractivity contribution in [1.29, 1.82) is 0 Å². The number of carbonyl (C=O) groups is 1. The molecule has 1 heterocycles. The standard InChI is InChI=1S/C23H23BrClN3O4/c1-5-13(2)21-27-19-8-7-16(24)11-17(19)22(29)28(21)26-12-15-6-9-20(18(25)10-15)32-14(3)23(30)31-4/h6-14H,5H2,1-4H3/t13-,14+/m1/s1. The van der Waals surface area contributed by atoms with E-state index in [0.717, 1.165) is 10.9 Å². The van der Waals surface area contributed by atoms with Crippen LogP contribution in [0.15, 0.2) is 50.8 Å². The highest BCUT2D eigenvalue weighted by molar-refractivity contribution is 9.10. The van der Waals surface area contributed by atoms with Crippen LogP contribution in [-0.4, -0.2) is 35.1 Å². The number of fused-ring (bicyclic) bond motifs is 1. The van der Waals surface area contributed by atoms with Crippen molar-refractivity contribution in [3.8, 4) is 5.75 Å². The van der Waals surface area contributed by atoms with E-state index in [1.807, 2.05) is 26.0 Å². The first-order chi connectivity index (χ1) is 15.2. The Morgan fingerprint density at radius 2 is 2.03 bits per heavy atom. The molecule has 0 aliphatic carbocycles. The summed E-state index contributed by atoms with van der Waals surface area (Å²) < 4.78 is 12.3. The van der Waals surface area contributed by atoms with E-state index < -0.39 is 12.1 Å². The lowest BCUT2D eigenvalue weighted by atomic mass is 10.1. The highest BCUT2D eigenvalue weighted by atomic mass is 79.9. The molecule has 0 fully saturated rings. The molecule has 0 bridgehead atoms. The third kappa shape index (κ3) is 5.19. The number of carbonyl (C=O) groups excluding carboxylic acids is 1. The van der Waals surface area contributed by atoms with Crippen molar-refractivity contribution >= 4 is 50.6 Å². The molecule has 2 atom stereocenters. The van der Waals surface area contributed by atoms with Gasteiger partial charge in [-0.2, -0.15) is 9.78 Å². The van der Waals surface area contributed by atoms with Crippen molar-refractivity contribution in [3.63, 3.8) is 0 Å². The van der Waals surface area contributed by atoms with Gasteiger partial charge in [0.25, 0.3) is 5.56 Å². The maximum atomic E-state index is 13.2. The Hall–Kier alpha value is -2.71. The molecule has 32 heavy (non-hydrogen) atoms.